The number of ether oxygens (including phenoxy) is 3. The van der Waals surface area contributed by atoms with E-state index in [1.807, 2.05) is 6.92 Å². The van der Waals surface area contributed by atoms with Crippen molar-refractivity contribution in [3.8, 4) is 11.5 Å². The molecule has 0 aliphatic heterocycles. The van der Waals surface area contributed by atoms with Crippen LogP contribution in [0.5, 0.6) is 11.5 Å². The van der Waals surface area contributed by atoms with Crippen LogP contribution in [0.15, 0.2) is 24.3 Å². The lowest BCUT2D eigenvalue weighted by molar-refractivity contribution is -0.134. The summed E-state index contributed by atoms with van der Waals surface area (Å²) in [5, 5.41) is 2.93. The summed E-state index contributed by atoms with van der Waals surface area (Å²) >= 11 is 0. The molecule has 6 heteroatoms. The van der Waals surface area contributed by atoms with Crippen molar-refractivity contribution in [2.24, 2.45) is 5.92 Å². The molecule has 1 N–H and O–H groups in total. The lowest BCUT2D eigenvalue weighted by Crippen LogP contribution is -2.36. The van der Waals surface area contributed by atoms with Gasteiger partial charge in [0, 0.05) is 12.1 Å². The van der Waals surface area contributed by atoms with Gasteiger partial charge >= 0.3 is 5.97 Å². The van der Waals surface area contributed by atoms with Gasteiger partial charge in [0.25, 0.3) is 5.91 Å². The van der Waals surface area contributed by atoms with Gasteiger partial charge < -0.3 is 19.5 Å². The maximum Gasteiger partial charge on any atom is 0.330 e. The summed E-state index contributed by atoms with van der Waals surface area (Å²) in [4.78, 5) is 23.2. The van der Waals surface area contributed by atoms with E-state index in [0.29, 0.717) is 17.4 Å². The van der Waals surface area contributed by atoms with Gasteiger partial charge in [-0.25, -0.2) is 4.79 Å². The van der Waals surface area contributed by atoms with Gasteiger partial charge in [-0.05, 0) is 49.5 Å². The Labute approximate surface area is 155 Å². The average molecular weight is 363 g/mol. The summed E-state index contributed by atoms with van der Waals surface area (Å²) in [6.45, 7) is 6.23. The molecule has 6 nitrogen and oxygen atoms in total. The lowest BCUT2D eigenvalue weighted by atomic mass is 10.0. The SMILES string of the molecule is COC(=O)/C=C/c1ccc(OCC(=O)N[C@@H](C)CCC(C)C)c(OC)c1. The normalized spacial score (nSPS) is 12.1. The minimum absolute atomic E-state index is 0.0836. The third-order valence-corrected chi connectivity index (χ3v) is 3.74. The van der Waals surface area contributed by atoms with Crippen molar-refractivity contribution >= 4 is 18.0 Å². The Morgan fingerprint density at radius 2 is 1.85 bits per heavy atom. The first-order valence-electron chi connectivity index (χ1n) is 8.72. The maximum absolute atomic E-state index is 12.0. The molecule has 144 valence electrons. The predicted octanol–water partition coefficient (Wildman–Crippen LogP) is 3.20. The molecule has 0 bridgehead atoms. The van der Waals surface area contributed by atoms with Gasteiger partial charge in [-0.15, -0.1) is 0 Å². The van der Waals surface area contributed by atoms with Crippen LogP contribution in [-0.4, -0.2) is 38.7 Å². The number of hydrogen-bond acceptors (Lipinski definition) is 5. The van der Waals surface area contributed by atoms with E-state index in [9.17, 15) is 9.59 Å². The van der Waals surface area contributed by atoms with Crippen LogP contribution in [0.25, 0.3) is 6.08 Å². The Morgan fingerprint density at radius 1 is 1.12 bits per heavy atom. The number of esters is 1. The molecule has 0 aromatic heterocycles. The molecule has 1 rings (SSSR count). The van der Waals surface area contributed by atoms with Gasteiger partial charge in [-0.3, -0.25) is 4.79 Å². The molecule has 1 amide bonds. The molecule has 0 saturated heterocycles. The zero-order valence-corrected chi connectivity index (χ0v) is 16.2. The van der Waals surface area contributed by atoms with Gasteiger partial charge in [0.2, 0.25) is 0 Å². The highest BCUT2D eigenvalue weighted by molar-refractivity contribution is 5.87. The molecule has 0 saturated carbocycles. The van der Waals surface area contributed by atoms with E-state index < -0.39 is 5.97 Å². The standard InChI is InChI=1S/C20H29NO5/c1-14(2)6-7-15(3)21-19(22)13-26-17-10-8-16(12-18(17)24-4)9-11-20(23)25-5/h8-12,14-15H,6-7,13H2,1-5H3,(H,21,22)/b11-9+/t15-/m0/s1. The summed E-state index contributed by atoms with van der Waals surface area (Å²) in [5.74, 6) is 0.956. The van der Waals surface area contributed by atoms with Crippen LogP contribution in [0.2, 0.25) is 0 Å². The van der Waals surface area contributed by atoms with E-state index in [-0.39, 0.29) is 18.6 Å². The first-order valence-corrected chi connectivity index (χ1v) is 8.72. The average Bonchev–Trinajstić information content (AvgIpc) is 2.62. The Kier molecular flexibility index (Phi) is 9.26. The van der Waals surface area contributed by atoms with Crippen LogP contribution in [0, 0.1) is 5.92 Å². The van der Waals surface area contributed by atoms with E-state index in [1.54, 1.807) is 24.3 Å². The second kappa shape index (κ2) is 11.2. The molecule has 1 atom stereocenters. The van der Waals surface area contributed by atoms with Crippen molar-refractivity contribution in [1.82, 2.24) is 5.32 Å². The van der Waals surface area contributed by atoms with E-state index in [0.717, 1.165) is 18.4 Å². The first kappa shape index (κ1) is 21.5. The minimum Gasteiger partial charge on any atom is -0.493 e. The summed E-state index contributed by atoms with van der Waals surface area (Å²) in [6.07, 6.45) is 4.94. The zero-order valence-electron chi connectivity index (χ0n) is 16.2. The third kappa shape index (κ3) is 8.05. The molecule has 0 aliphatic carbocycles. The number of amides is 1. The van der Waals surface area contributed by atoms with Crippen LogP contribution in [0.3, 0.4) is 0 Å². The smallest absolute Gasteiger partial charge is 0.330 e. The first-order chi connectivity index (χ1) is 12.3. The molecule has 1 aromatic rings. The monoisotopic (exact) mass is 363 g/mol. The molecule has 0 unspecified atom stereocenters. The van der Waals surface area contributed by atoms with Crippen molar-refractivity contribution in [3.05, 3.63) is 29.8 Å². The molecule has 0 spiro atoms. The summed E-state index contributed by atoms with van der Waals surface area (Å²) in [5.41, 5.74) is 0.756. The summed E-state index contributed by atoms with van der Waals surface area (Å²) < 4.78 is 15.4. The van der Waals surface area contributed by atoms with Crippen LogP contribution >= 0.6 is 0 Å². The minimum atomic E-state index is -0.437. The Balaban J connectivity index is 2.59. The van der Waals surface area contributed by atoms with E-state index in [2.05, 4.69) is 23.9 Å². The quantitative estimate of drug-likeness (QED) is 0.510. The Bertz CT molecular complexity index is 625. The predicted molar refractivity (Wildman–Crippen MR) is 101 cm³/mol. The number of hydrogen-bond donors (Lipinski definition) is 1. The van der Waals surface area contributed by atoms with Gasteiger partial charge in [-0.2, -0.15) is 0 Å². The van der Waals surface area contributed by atoms with E-state index >= 15 is 0 Å². The molecule has 0 fully saturated rings. The maximum atomic E-state index is 12.0. The highest BCUT2D eigenvalue weighted by Crippen LogP contribution is 2.28. The summed E-state index contributed by atoms with van der Waals surface area (Å²) in [7, 11) is 2.84. The molecule has 0 heterocycles. The number of nitrogens with one attached hydrogen (secondary N) is 1. The Morgan fingerprint density at radius 3 is 2.46 bits per heavy atom. The second-order valence-electron chi connectivity index (χ2n) is 6.50. The zero-order chi connectivity index (χ0) is 19.5. The van der Waals surface area contributed by atoms with Crippen LogP contribution in [0.4, 0.5) is 0 Å². The fourth-order valence-electron chi connectivity index (χ4n) is 2.25. The number of methoxy groups -OCH3 is 2. The third-order valence-electron chi connectivity index (χ3n) is 3.74. The van der Waals surface area contributed by atoms with Crippen LogP contribution in [-0.2, 0) is 14.3 Å². The fraction of sp³-hybridized carbons (Fsp3) is 0.500. The van der Waals surface area contributed by atoms with Gasteiger partial charge in [-0.1, -0.05) is 19.9 Å². The fourth-order valence-corrected chi connectivity index (χ4v) is 2.25. The highest BCUT2D eigenvalue weighted by atomic mass is 16.5. The topological polar surface area (TPSA) is 73.9 Å². The lowest BCUT2D eigenvalue weighted by Gasteiger charge is -2.16. The van der Waals surface area contributed by atoms with Crippen molar-refractivity contribution in [2.45, 2.75) is 39.7 Å². The van der Waals surface area contributed by atoms with Crippen molar-refractivity contribution in [1.29, 1.82) is 0 Å². The molecule has 1 aromatic carbocycles. The molecular weight excluding hydrogens is 334 g/mol. The van der Waals surface area contributed by atoms with Gasteiger partial charge in [0.05, 0.1) is 14.2 Å². The molecular formula is C20H29NO5. The van der Waals surface area contributed by atoms with Crippen LogP contribution < -0.4 is 14.8 Å². The molecule has 26 heavy (non-hydrogen) atoms. The van der Waals surface area contributed by atoms with Crippen molar-refractivity contribution in [3.63, 3.8) is 0 Å². The van der Waals surface area contributed by atoms with E-state index in [4.69, 9.17) is 9.47 Å². The molecule has 0 aliphatic rings. The van der Waals surface area contributed by atoms with Gasteiger partial charge in [0.1, 0.15) is 0 Å². The van der Waals surface area contributed by atoms with Crippen molar-refractivity contribution in [2.75, 3.05) is 20.8 Å². The Hall–Kier alpha value is -2.50. The summed E-state index contributed by atoms with van der Waals surface area (Å²) in [6, 6.07) is 5.30. The number of rotatable bonds is 10. The number of carbonyl (C=O) groups excluding carboxylic acids is 2. The largest absolute Gasteiger partial charge is 0.493 e. The second-order valence-corrected chi connectivity index (χ2v) is 6.50. The highest BCUT2D eigenvalue weighted by Gasteiger charge is 2.11. The number of carbonyl (C=O) groups is 2. The van der Waals surface area contributed by atoms with E-state index in [1.165, 1.54) is 20.3 Å². The van der Waals surface area contributed by atoms with Gasteiger partial charge in [0.15, 0.2) is 18.1 Å². The van der Waals surface area contributed by atoms with Crippen molar-refractivity contribution < 1.29 is 23.8 Å². The molecule has 0 radical (unpaired) electrons. The number of benzene rings is 1. The van der Waals surface area contributed by atoms with Crippen LogP contribution in [0.1, 0.15) is 39.2 Å².